The Labute approximate surface area is 51.5 Å². The number of nitrogens with one attached hydrogen (secondary N) is 2. The van der Waals surface area contributed by atoms with E-state index < -0.39 is 5.91 Å². The summed E-state index contributed by atoms with van der Waals surface area (Å²) in [4.78, 5) is 0. The first-order valence-electron chi connectivity index (χ1n) is 2.11. The molecule has 0 aliphatic carbocycles. The molecule has 0 bridgehead atoms. The Morgan fingerprint density at radius 2 is 2.25 bits per heavy atom. The SMILES string of the molecule is OC1(O)CNC(=S)N1. The zero-order chi connectivity index (χ0) is 6.20. The van der Waals surface area contributed by atoms with Crippen molar-refractivity contribution < 1.29 is 10.2 Å². The molecule has 5 heteroatoms. The van der Waals surface area contributed by atoms with Crippen LogP contribution in [0.25, 0.3) is 0 Å². The normalized spacial score (nSPS) is 24.5. The number of hydrogen-bond donors (Lipinski definition) is 4. The van der Waals surface area contributed by atoms with Gasteiger partial charge in [-0.25, -0.2) is 0 Å². The fraction of sp³-hybridized carbons (Fsp3) is 0.667. The smallest absolute Gasteiger partial charge is 0.264 e. The van der Waals surface area contributed by atoms with Crippen molar-refractivity contribution in [3.63, 3.8) is 0 Å². The van der Waals surface area contributed by atoms with Gasteiger partial charge in [0.05, 0.1) is 6.54 Å². The summed E-state index contributed by atoms with van der Waals surface area (Å²) in [5.41, 5.74) is 0. The highest BCUT2D eigenvalue weighted by Gasteiger charge is 2.29. The Morgan fingerprint density at radius 3 is 2.38 bits per heavy atom. The van der Waals surface area contributed by atoms with Crippen LogP contribution in [0.2, 0.25) is 0 Å². The summed E-state index contributed by atoms with van der Waals surface area (Å²) >= 11 is 4.53. The van der Waals surface area contributed by atoms with Crippen LogP contribution in [0.15, 0.2) is 0 Å². The van der Waals surface area contributed by atoms with E-state index in [0.717, 1.165) is 0 Å². The number of thiocarbonyl (C=S) groups is 1. The van der Waals surface area contributed by atoms with Crippen LogP contribution in [0.5, 0.6) is 0 Å². The van der Waals surface area contributed by atoms with Crippen LogP contribution in [-0.2, 0) is 0 Å². The average Bonchev–Trinajstić information content (AvgIpc) is 1.82. The summed E-state index contributed by atoms with van der Waals surface area (Å²) in [6.45, 7) is 0.0475. The lowest BCUT2D eigenvalue weighted by Crippen LogP contribution is -2.42. The molecule has 0 aromatic rings. The van der Waals surface area contributed by atoms with Crippen LogP contribution >= 0.6 is 12.2 Å². The lowest BCUT2D eigenvalue weighted by Gasteiger charge is -2.10. The molecule has 1 aliphatic heterocycles. The van der Waals surface area contributed by atoms with Gasteiger partial charge in [0.2, 0.25) is 0 Å². The summed E-state index contributed by atoms with van der Waals surface area (Å²) < 4.78 is 0. The van der Waals surface area contributed by atoms with Crippen LogP contribution in [0.1, 0.15) is 0 Å². The number of aliphatic hydroxyl groups is 2. The topological polar surface area (TPSA) is 64.5 Å². The fourth-order valence-electron chi connectivity index (χ4n) is 0.474. The van der Waals surface area contributed by atoms with Crippen molar-refractivity contribution in [2.45, 2.75) is 5.91 Å². The van der Waals surface area contributed by atoms with Crippen LogP contribution in [-0.4, -0.2) is 27.8 Å². The Balaban J connectivity index is 2.56. The Kier molecular flexibility index (Phi) is 1.11. The quantitative estimate of drug-likeness (QED) is 0.230. The van der Waals surface area contributed by atoms with Crippen LogP contribution in [0.4, 0.5) is 0 Å². The molecule has 0 aromatic carbocycles. The van der Waals surface area contributed by atoms with Crippen molar-refractivity contribution in [2.75, 3.05) is 6.54 Å². The maximum Gasteiger partial charge on any atom is 0.264 e. The van der Waals surface area contributed by atoms with Crippen molar-refractivity contribution in [3.8, 4) is 0 Å². The molecule has 0 radical (unpaired) electrons. The molecular formula is C3H6N2O2S. The highest BCUT2D eigenvalue weighted by Crippen LogP contribution is 1.96. The maximum absolute atomic E-state index is 8.66. The van der Waals surface area contributed by atoms with Gasteiger partial charge in [-0.15, -0.1) is 0 Å². The van der Waals surface area contributed by atoms with Gasteiger partial charge in [-0.1, -0.05) is 0 Å². The number of β-amino-alcohol motifs (C(OH)–C–C–N with tert-alkyl or cyclic N) is 2. The second kappa shape index (κ2) is 1.54. The van der Waals surface area contributed by atoms with Crippen LogP contribution in [0.3, 0.4) is 0 Å². The molecule has 0 saturated carbocycles. The summed E-state index contributed by atoms with van der Waals surface area (Å²) in [6, 6.07) is 0. The summed E-state index contributed by atoms with van der Waals surface area (Å²) in [5.74, 6) is -1.84. The molecule has 46 valence electrons. The van der Waals surface area contributed by atoms with Crippen molar-refractivity contribution >= 4 is 17.3 Å². The molecule has 0 aromatic heterocycles. The van der Waals surface area contributed by atoms with E-state index in [1.165, 1.54) is 0 Å². The highest BCUT2D eigenvalue weighted by atomic mass is 32.1. The van der Waals surface area contributed by atoms with Gasteiger partial charge in [0, 0.05) is 0 Å². The minimum Gasteiger partial charge on any atom is -0.355 e. The molecule has 0 spiro atoms. The van der Waals surface area contributed by atoms with Gasteiger partial charge >= 0.3 is 0 Å². The standard InChI is InChI=1S/C3H6N2O2S/c6-3(7)1-4-2(8)5-3/h6-7H,1H2,(H2,4,5,8). The largest absolute Gasteiger partial charge is 0.355 e. The van der Waals surface area contributed by atoms with E-state index in [-0.39, 0.29) is 11.7 Å². The molecule has 0 atom stereocenters. The molecule has 1 heterocycles. The summed E-state index contributed by atoms with van der Waals surface area (Å²) in [5, 5.41) is 22.3. The first-order valence-corrected chi connectivity index (χ1v) is 2.52. The molecule has 1 rings (SSSR count). The molecule has 1 saturated heterocycles. The van der Waals surface area contributed by atoms with E-state index in [2.05, 4.69) is 22.9 Å². The summed E-state index contributed by atoms with van der Waals surface area (Å²) in [7, 11) is 0. The maximum atomic E-state index is 8.66. The van der Waals surface area contributed by atoms with E-state index in [9.17, 15) is 0 Å². The molecular weight excluding hydrogens is 128 g/mol. The molecule has 0 amide bonds. The minimum atomic E-state index is -1.84. The Morgan fingerprint density at radius 1 is 1.62 bits per heavy atom. The summed E-state index contributed by atoms with van der Waals surface area (Å²) in [6.07, 6.45) is 0. The molecule has 1 fully saturated rings. The predicted octanol–water partition coefficient (Wildman–Crippen LogP) is -1.90. The molecule has 8 heavy (non-hydrogen) atoms. The predicted molar refractivity (Wildman–Crippen MR) is 30.9 cm³/mol. The Hall–Kier alpha value is -0.390. The molecule has 4 N–H and O–H groups in total. The van der Waals surface area contributed by atoms with Gasteiger partial charge < -0.3 is 20.8 Å². The minimum absolute atomic E-state index is 0.0475. The fourth-order valence-corrected chi connectivity index (χ4v) is 0.709. The van der Waals surface area contributed by atoms with Gasteiger partial charge in [-0.05, 0) is 12.2 Å². The lowest BCUT2D eigenvalue weighted by molar-refractivity contribution is -0.155. The van der Waals surface area contributed by atoms with E-state index in [1.54, 1.807) is 0 Å². The third-order valence-electron chi connectivity index (χ3n) is 0.809. The van der Waals surface area contributed by atoms with Gasteiger partial charge in [0.1, 0.15) is 0 Å². The van der Waals surface area contributed by atoms with Crippen LogP contribution in [0, 0.1) is 0 Å². The number of hydrogen-bond acceptors (Lipinski definition) is 3. The van der Waals surface area contributed by atoms with Crippen LogP contribution < -0.4 is 10.6 Å². The average molecular weight is 134 g/mol. The van der Waals surface area contributed by atoms with E-state index in [4.69, 9.17) is 10.2 Å². The Bertz CT molecular complexity index is 124. The molecule has 0 unspecified atom stereocenters. The zero-order valence-corrected chi connectivity index (χ0v) is 4.83. The second-order valence-corrected chi connectivity index (χ2v) is 2.03. The number of rotatable bonds is 0. The van der Waals surface area contributed by atoms with Crippen molar-refractivity contribution in [3.05, 3.63) is 0 Å². The molecule has 4 nitrogen and oxygen atoms in total. The first-order chi connectivity index (χ1) is 3.60. The zero-order valence-electron chi connectivity index (χ0n) is 4.01. The lowest BCUT2D eigenvalue weighted by atomic mass is 10.5. The monoisotopic (exact) mass is 134 g/mol. The van der Waals surface area contributed by atoms with Gasteiger partial charge in [0.25, 0.3) is 5.91 Å². The third-order valence-corrected chi connectivity index (χ3v) is 1.06. The van der Waals surface area contributed by atoms with Crippen molar-refractivity contribution in [1.29, 1.82) is 0 Å². The van der Waals surface area contributed by atoms with Gasteiger partial charge in [0.15, 0.2) is 5.11 Å². The van der Waals surface area contributed by atoms with Gasteiger partial charge in [-0.3, -0.25) is 0 Å². The van der Waals surface area contributed by atoms with Crippen molar-refractivity contribution in [2.24, 2.45) is 0 Å². The highest BCUT2D eigenvalue weighted by molar-refractivity contribution is 7.80. The third kappa shape index (κ3) is 1.06. The second-order valence-electron chi connectivity index (χ2n) is 1.62. The molecule has 1 aliphatic rings. The first kappa shape index (κ1) is 5.74. The van der Waals surface area contributed by atoms with E-state index in [1.807, 2.05) is 0 Å². The van der Waals surface area contributed by atoms with E-state index >= 15 is 0 Å². The van der Waals surface area contributed by atoms with E-state index in [0.29, 0.717) is 0 Å². The van der Waals surface area contributed by atoms with Gasteiger partial charge in [-0.2, -0.15) is 0 Å². The van der Waals surface area contributed by atoms with Crippen molar-refractivity contribution in [1.82, 2.24) is 10.6 Å².